The van der Waals surface area contributed by atoms with Crippen molar-refractivity contribution in [2.45, 2.75) is 6.04 Å². The summed E-state index contributed by atoms with van der Waals surface area (Å²) >= 11 is 5.73. The maximum Gasteiger partial charge on any atom is 0.134 e. The highest BCUT2D eigenvalue weighted by molar-refractivity contribution is 6.30. The molecule has 0 aliphatic heterocycles. The number of fused-ring (bicyclic) bond motifs is 1. The third kappa shape index (κ3) is 2.23. The minimum Gasteiger partial charge on any atom is -0.459 e. The van der Waals surface area contributed by atoms with E-state index < -0.39 is 11.9 Å². The zero-order valence-electron chi connectivity index (χ0n) is 9.94. The van der Waals surface area contributed by atoms with Gasteiger partial charge < -0.3 is 10.2 Å². The lowest BCUT2D eigenvalue weighted by molar-refractivity contribution is 0.510. The summed E-state index contributed by atoms with van der Waals surface area (Å²) < 4.78 is 19.5. The van der Waals surface area contributed by atoms with Crippen molar-refractivity contribution in [3.05, 3.63) is 70.7 Å². The predicted octanol–water partition coefficient (Wildman–Crippen LogP) is 4.27. The first-order valence-electron chi connectivity index (χ1n) is 5.84. The number of hydrogen-bond donors (Lipinski definition) is 1. The van der Waals surface area contributed by atoms with E-state index in [1.54, 1.807) is 12.1 Å². The predicted molar refractivity (Wildman–Crippen MR) is 73.7 cm³/mol. The molecule has 2 nitrogen and oxygen atoms in total. The average Bonchev–Trinajstić information content (AvgIpc) is 2.81. The summed E-state index contributed by atoms with van der Waals surface area (Å²) in [6.07, 6.45) is 0. The smallest absolute Gasteiger partial charge is 0.134 e. The normalized spacial score (nSPS) is 12.8. The van der Waals surface area contributed by atoms with Gasteiger partial charge in [0.1, 0.15) is 17.2 Å². The molecule has 1 heterocycles. The monoisotopic (exact) mass is 275 g/mol. The Kier molecular flexibility index (Phi) is 3.01. The van der Waals surface area contributed by atoms with Crippen LogP contribution in [0.3, 0.4) is 0 Å². The highest BCUT2D eigenvalue weighted by Crippen LogP contribution is 2.28. The highest BCUT2D eigenvalue weighted by atomic mass is 35.5. The summed E-state index contributed by atoms with van der Waals surface area (Å²) in [5, 5.41) is 1.29. The number of para-hydroxylation sites is 1. The Hall–Kier alpha value is -1.84. The molecule has 19 heavy (non-hydrogen) atoms. The largest absolute Gasteiger partial charge is 0.459 e. The van der Waals surface area contributed by atoms with E-state index in [0.29, 0.717) is 16.3 Å². The van der Waals surface area contributed by atoms with Crippen LogP contribution in [0.25, 0.3) is 11.0 Å². The van der Waals surface area contributed by atoms with Gasteiger partial charge in [0.15, 0.2) is 0 Å². The molecule has 0 aliphatic carbocycles. The minimum atomic E-state index is -0.648. The van der Waals surface area contributed by atoms with Gasteiger partial charge in [0.2, 0.25) is 0 Å². The van der Waals surface area contributed by atoms with Crippen LogP contribution in [0.2, 0.25) is 5.02 Å². The van der Waals surface area contributed by atoms with Gasteiger partial charge in [-0.15, -0.1) is 0 Å². The number of rotatable bonds is 2. The summed E-state index contributed by atoms with van der Waals surface area (Å²) in [4.78, 5) is 0. The number of hydrogen-bond acceptors (Lipinski definition) is 2. The van der Waals surface area contributed by atoms with Crippen LogP contribution in [0.15, 0.2) is 52.9 Å². The molecule has 0 fully saturated rings. The third-order valence-corrected chi connectivity index (χ3v) is 3.28. The second-order valence-electron chi connectivity index (χ2n) is 4.33. The second-order valence-corrected chi connectivity index (χ2v) is 4.77. The first-order valence-corrected chi connectivity index (χ1v) is 6.22. The van der Waals surface area contributed by atoms with Crippen molar-refractivity contribution in [1.29, 1.82) is 0 Å². The molecular formula is C15H11ClFNO. The van der Waals surface area contributed by atoms with Crippen LogP contribution in [-0.4, -0.2) is 0 Å². The summed E-state index contributed by atoms with van der Waals surface area (Å²) in [6.45, 7) is 0. The Morgan fingerprint density at radius 1 is 1.11 bits per heavy atom. The Balaban J connectivity index is 2.05. The first kappa shape index (κ1) is 12.2. The Labute approximate surface area is 114 Å². The summed E-state index contributed by atoms with van der Waals surface area (Å²) in [6, 6.07) is 13.2. The molecule has 1 atom stereocenters. The van der Waals surface area contributed by atoms with Crippen molar-refractivity contribution in [2.75, 3.05) is 0 Å². The van der Waals surface area contributed by atoms with E-state index in [2.05, 4.69) is 0 Å². The van der Waals surface area contributed by atoms with Crippen LogP contribution in [0.5, 0.6) is 0 Å². The number of halogens is 2. The van der Waals surface area contributed by atoms with Crippen molar-refractivity contribution >= 4 is 22.6 Å². The molecule has 0 radical (unpaired) electrons. The maximum atomic E-state index is 13.8. The van der Waals surface area contributed by atoms with E-state index in [0.717, 1.165) is 11.0 Å². The van der Waals surface area contributed by atoms with Gasteiger partial charge >= 0.3 is 0 Å². The molecule has 3 aromatic rings. The van der Waals surface area contributed by atoms with Gasteiger partial charge in [0.05, 0.1) is 6.04 Å². The van der Waals surface area contributed by atoms with Gasteiger partial charge in [-0.05, 0) is 24.3 Å². The van der Waals surface area contributed by atoms with E-state index >= 15 is 0 Å². The van der Waals surface area contributed by atoms with Crippen LogP contribution in [0.1, 0.15) is 17.4 Å². The minimum absolute atomic E-state index is 0.345. The summed E-state index contributed by atoms with van der Waals surface area (Å²) in [5.74, 6) is 0.0999. The Bertz CT molecular complexity index is 705. The molecule has 0 bridgehead atoms. The van der Waals surface area contributed by atoms with Gasteiger partial charge in [-0.2, -0.15) is 0 Å². The summed E-state index contributed by atoms with van der Waals surface area (Å²) in [7, 11) is 0. The lowest BCUT2D eigenvalue weighted by Crippen LogP contribution is -2.12. The van der Waals surface area contributed by atoms with E-state index in [-0.39, 0.29) is 0 Å². The number of benzene rings is 2. The molecule has 3 rings (SSSR count). The van der Waals surface area contributed by atoms with Gasteiger partial charge in [0.25, 0.3) is 0 Å². The number of nitrogens with two attached hydrogens (primary N) is 1. The van der Waals surface area contributed by atoms with Crippen molar-refractivity contribution in [1.82, 2.24) is 0 Å². The van der Waals surface area contributed by atoms with E-state index in [1.165, 1.54) is 6.07 Å². The molecule has 2 aromatic carbocycles. The zero-order valence-corrected chi connectivity index (χ0v) is 10.7. The van der Waals surface area contributed by atoms with Crippen molar-refractivity contribution in [3.63, 3.8) is 0 Å². The van der Waals surface area contributed by atoms with Crippen LogP contribution in [0, 0.1) is 5.82 Å². The molecule has 0 amide bonds. The second kappa shape index (κ2) is 4.68. The van der Waals surface area contributed by atoms with Gasteiger partial charge in [-0.1, -0.05) is 35.9 Å². The van der Waals surface area contributed by atoms with E-state index in [9.17, 15) is 4.39 Å². The first-order chi connectivity index (χ1) is 9.15. The molecular weight excluding hydrogens is 265 g/mol. The van der Waals surface area contributed by atoms with Crippen LogP contribution >= 0.6 is 11.6 Å². The zero-order chi connectivity index (χ0) is 13.4. The lowest BCUT2D eigenvalue weighted by atomic mass is 10.0. The van der Waals surface area contributed by atoms with E-state index in [4.69, 9.17) is 21.8 Å². The molecule has 4 heteroatoms. The highest BCUT2D eigenvalue weighted by Gasteiger charge is 2.17. The maximum absolute atomic E-state index is 13.8. The fourth-order valence-corrected chi connectivity index (χ4v) is 2.22. The molecule has 1 aromatic heterocycles. The van der Waals surface area contributed by atoms with Crippen molar-refractivity contribution in [2.24, 2.45) is 5.73 Å². The quantitative estimate of drug-likeness (QED) is 0.758. The SMILES string of the molecule is NC(c1cc2ccccc2o1)c1ccc(Cl)cc1F. The third-order valence-electron chi connectivity index (χ3n) is 3.05. The molecule has 0 saturated carbocycles. The molecule has 1 unspecified atom stereocenters. The van der Waals surface area contributed by atoms with Crippen molar-refractivity contribution < 1.29 is 8.81 Å². The summed E-state index contributed by atoms with van der Waals surface area (Å²) in [5.41, 5.74) is 7.16. The van der Waals surface area contributed by atoms with Crippen LogP contribution in [-0.2, 0) is 0 Å². The average molecular weight is 276 g/mol. The fourth-order valence-electron chi connectivity index (χ4n) is 2.06. The topological polar surface area (TPSA) is 39.2 Å². The van der Waals surface area contributed by atoms with E-state index in [1.807, 2.05) is 30.3 Å². The molecule has 0 spiro atoms. The molecule has 0 aliphatic rings. The Morgan fingerprint density at radius 3 is 2.63 bits per heavy atom. The molecule has 2 N–H and O–H groups in total. The molecule has 96 valence electrons. The van der Waals surface area contributed by atoms with Crippen LogP contribution in [0.4, 0.5) is 4.39 Å². The standard InChI is InChI=1S/C15H11ClFNO/c16-10-5-6-11(12(17)8-10)15(18)14-7-9-3-1-2-4-13(9)19-14/h1-8,15H,18H2. The molecule has 0 saturated heterocycles. The van der Waals surface area contributed by atoms with Gasteiger partial charge in [-0.3, -0.25) is 0 Å². The van der Waals surface area contributed by atoms with Crippen molar-refractivity contribution in [3.8, 4) is 0 Å². The van der Waals surface area contributed by atoms with Gasteiger partial charge in [-0.25, -0.2) is 4.39 Å². The lowest BCUT2D eigenvalue weighted by Gasteiger charge is -2.10. The van der Waals surface area contributed by atoms with Gasteiger partial charge in [0, 0.05) is 16.0 Å². The Morgan fingerprint density at radius 2 is 1.89 bits per heavy atom. The van der Waals surface area contributed by atoms with Crippen LogP contribution < -0.4 is 5.73 Å². The number of furan rings is 1. The fraction of sp³-hybridized carbons (Fsp3) is 0.0667.